The Morgan fingerprint density at radius 1 is 1.03 bits per heavy atom. The number of benzene rings is 2. The van der Waals surface area contributed by atoms with Crippen LogP contribution < -0.4 is 10.0 Å². The van der Waals surface area contributed by atoms with Crippen molar-refractivity contribution in [3.63, 3.8) is 0 Å². The van der Waals surface area contributed by atoms with Gasteiger partial charge in [-0.2, -0.15) is 0 Å². The van der Waals surface area contributed by atoms with E-state index in [1.165, 1.54) is 16.9 Å². The van der Waals surface area contributed by atoms with Crippen LogP contribution in [0.15, 0.2) is 53.9 Å². The van der Waals surface area contributed by atoms with Crippen molar-refractivity contribution in [2.24, 2.45) is 0 Å². The summed E-state index contributed by atoms with van der Waals surface area (Å²) >= 11 is 1.42. The molecule has 0 saturated carbocycles. The minimum absolute atomic E-state index is 0.307. The first kappa shape index (κ1) is 22.0. The highest BCUT2D eigenvalue weighted by molar-refractivity contribution is 7.92. The summed E-state index contributed by atoms with van der Waals surface area (Å²) in [6, 6.07) is 14.8. The molecule has 1 amide bonds. The fourth-order valence-electron chi connectivity index (χ4n) is 3.04. The fraction of sp³-hybridized carbons (Fsp3) is 0.273. The Morgan fingerprint density at radius 2 is 1.70 bits per heavy atom. The quantitative estimate of drug-likeness (QED) is 0.549. The van der Waals surface area contributed by atoms with Crippen LogP contribution in [-0.4, -0.2) is 25.6 Å². The summed E-state index contributed by atoms with van der Waals surface area (Å²) in [6.45, 7) is 6.09. The van der Waals surface area contributed by atoms with Crippen LogP contribution in [0, 0.1) is 0 Å². The molecule has 1 unspecified atom stereocenters. The molecule has 1 aromatic heterocycles. The van der Waals surface area contributed by atoms with Crippen molar-refractivity contribution in [1.29, 1.82) is 0 Å². The van der Waals surface area contributed by atoms with Crippen LogP contribution in [0.4, 0.5) is 5.69 Å². The standard InChI is InChI=1S/C22H25N3O3S2/c1-14(2)16-9-11-17(12-10-16)22-24-20(13-29-22)21(26)23-15(3)18-7-5-6-8-19(18)25-30(4,27)28/h5-15,25H,1-4H3,(H,23,26). The number of para-hydroxylation sites is 1. The highest BCUT2D eigenvalue weighted by Crippen LogP contribution is 2.27. The van der Waals surface area contributed by atoms with Gasteiger partial charge in [-0.3, -0.25) is 9.52 Å². The first-order chi connectivity index (χ1) is 14.1. The van der Waals surface area contributed by atoms with Gasteiger partial charge in [0.2, 0.25) is 10.0 Å². The van der Waals surface area contributed by atoms with E-state index in [0.717, 1.165) is 16.8 Å². The maximum Gasteiger partial charge on any atom is 0.271 e. The van der Waals surface area contributed by atoms with E-state index < -0.39 is 16.1 Å². The second kappa shape index (κ2) is 8.97. The Hall–Kier alpha value is -2.71. The second-order valence-electron chi connectivity index (χ2n) is 7.47. The van der Waals surface area contributed by atoms with E-state index in [9.17, 15) is 13.2 Å². The van der Waals surface area contributed by atoms with E-state index in [4.69, 9.17) is 0 Å². The number of hydrogen-bond acceptors (Lipinski definition) is 5. The summed E-state index contributed by atoms with van der Waals surface area (Å²) in [5, 5.41) is 5.41. The highest BCUT2D eigenvalue weighted by atomic mass is 32.2. The Morgan fingerprint density at radius 3 is 2.33 bits per heavy atom. The van der Waals surface area contributed by atoms with E-state index in [1.54, 1.807) is 36.6 Å². The Bertz CT molecular complexity index is 1140. The summed E-state index contributed by atoms with van der Waals surface area (Å²) in [7, 11) is -3.42. The first-order valence-corrected chi connectivity index (χ1v) is 12.3. The number of rotatable bonds is 7. The van der Waals surface area contributed by atoms with Crippen molar-refractivity contribution in [2.45, 2.75) is 32.7 Å². The molecule has 0 bridgehead atoms. The summed E-state index contributed by atoms with van der Waals surface area (Å²) < 4.78 is 25.7. The molecule has 1 heterocycles. The van der Waals surface area contributed by atoms with Crippen LogP contribution in [-0.2, 0) is 10.0 Å². The third kappa shape index (κ3) is 5.46. The molecular weight excluding hydrogens is 418 g/mol. The minimum atomic E-state index is -3.42. The van der Waals surface area contributed by atoms with Gasteiger partial charge in [-0.1, -0.05) is 56.3 Å². The maximum absolute atomic E-state index is 12.7. The van der Waals surface area contributed by atoms with Gasteiger partial charge in [-0.15, -0.1) is 11.3 Å². The van der Waals surface area contributed by atoms with Gasteiger partial charge < -0.3 is 5.32 Å². The van der Waals surface area contributed by atoms with Crippen LogP contribution in [0.5, 0.6) is 0 Å². The van der Waals surface area contributed by atoms with E-state index in [0.29, 0.717) is 22.9 Å². The zero-order chi connectivity index (χ0) is 21.9. The van der Waals surface area contributed by atoms with Crippen molar-refractivity contribution in [2.75, 3.05) is 11.0 Å². The monoisotopic (exact) mass is 443 g/mol. The van der Waals surface area contributed by atoms with Crippen LogP contribution >= 0.6 is 11.3 Å². The van der Waals surface area contributed by atoms with E-state index in [-0.39, 0.29) is 5.91 Å². The van der Waals surface area contributed by atoms with Gasteiger partial charge in [-0.25, -0.2) is 13.4 Å². The summed E-state index contributed by atoms with van der Waals surface area (Å²) in [5.41, 5.74) is 3.68. The number of nitrogens with one attached hydrogen (secondary N) is 2. The number of anilines is 1. The summed E-state index contributed by atoms with van der Waals surface area (Å²) in [6.07, 6.45) is 1.09. The molecule has 0 fully saturated rings. The molecule has 3 aromatic rings. The van der Waals surface area contributed by atoms with Gasteiger partial charge in [0.15, 0.2) is 0 Å². The van der Waals surface area contributed by atoms with Gasteiger partial charge in [0.1, 0.15) is 10.7 Å². The Balaban J connectivity index is 1.74. The van der Waals surface area contributed by atoms with Gasteiger partial charge in [0, 0.05) is 10.9 Å². The number of carbonyl (C=O) groups excluding carboxylic acids is 1. The number of amides is 1. The number of thiazole rings is 1. The van der Waals surface area contributed by atoms with Crippen LogP contribution in [0.1, 0.15) is 54.3 Å². The SMILES string of the molecule is CC(C)c1ccc(-c2nc(C(=O)NC(C)c3ccccc3NS(C)(=O)=O)cs2)cc1. The molecule has 8 heteroatoms. The fourth-order valence-corrected chi connectivity index (χ4v) is 4.43. The van der Waals surface area contributed by atoms with E-state index in [1.807, 2.05) is 12.1 Å². The molecule has 0 aliphatic heterocycles. The van der Waals surface area contributed by atoms with Gasteiger partial charge in [-0.05, 0) is 30.0 Å². The Kier molecular flexibility index (Phi) is 6.58. The molecule has 1 atom stereocenters. The zero-order valence-corrected chi connectivity index (χ0v) is 19.0. The highest BCUT2D eigenvalue weighted by Gasteiger charge is 2.18. The predicted molar refractivity (Wildman–Crippen MR) is 122 cm³/mol. The third-order valence-electron chi connectivity index (χ3n) is 4.63. The normalized spacial score (nSPS) is 12.6. The number of nitrogens with zero attached hydrogens (tertiary/aromatic N) is 1. The topological polar surface area (TPSA) is 88.2 Å². The Labute approximate surface area is 181 Å². The lowest BCUT2D eigenvalue weighted by Crippen LogP contribution is -2.27. The lowest BCUT2D eigenvalue weighted by Gasteiger charge is -2.18. The maximum atomic E-state index is 12.7. The van der Waals surface area contributed by atoms with E-state index in [2.05, 4.69) is 41.0 Å². The number of carbonyl (C=O) groups is 1. The predicted octanol–water partition coefficient (Wildman–Crippen LogP) is 4.80. The van der Waals surface area contributed by atoms with Crippen molar-refractivity contribution >= 4 is 33.0 Å². The minimum Gasteiger partial charge on any atom is -0.344 e. The first-order valence-electron chi connectivity index (χ1n) is 9.57. The molecule has 0 radical (unpaired) electrons. The molecule has 0 aliphatic carbocycles. The molecular formula is C22H25N3O3S2. The van der Waals surface area contributed by atoms with Gasteiger partial charge in [0.05, 0.1) is 18.0 Å². The molecule has 2 N–H and O–H groups in total. The van der Waals surface area contributed by atoms with Crippen molar-refractivity contribution in [3.05, 3.63) is 70.7 Å². The smallest absolute Gasteiger partial charge is 0.271 e. The summed E-state index contributed by atoms with van der Waals surface area (Å²) in [5.74, 6) is 0.149. The molecule has 0 saturated heterocycles. The number of hydrogen-bond donors (Lipinski definition) is 2. The van der Waals surface area contributed by atoms with Crippen molar-refractivity contribution in [3.8, 4) is 10.6 Å². The molecule has 0 aliphatic rings. The molecule has 6 nitrogen and oxygen atoms in total. The average Bonchev–Trinajstić information content (AvgIpc) is 3.17. The van der Waals surface area contributed by atoms with Crippen LogP contribution in [0.2, 0.25) is 0 Å². The summed E-state index contributed by atoms with van der Waals surface area (Å²) in [4.78, 5) is 17.2. The van der Waals surface area contributed by atoms with E-state index >= 15 is 0 Å². The average molecular weight is 444 g/mol. The van der Waals surface area contributed by atoms with Gasteiger partial charge in [0.25, 0.3) is 5.91 Å². The number of aromatic nitrogens is 1. The molecule has 3 rings (SSSR count). The molecule has 2 aromatic carbocycles. The van der Waals surface area contributed by atoms with Crippen LogP contribution in [0.25, 0.3) is 10.6 Å². The molecule has 158 valence electrons. The number of sulfonamides is 1. The van der Waals surface area contributed by atoms with Crippen molar-refractivity contribution < 1.29 is 13.2 Å². The van der Waals surface area contributed by atoms with Crippen molar-refractivity contribution in [1.82, 2.24) is 10.3 Å². The zero-order valence-electron chi connectivity index (χ0n) is 17.3. The largest absolute Gasteiger partial charge is 0.344 e. The lowest BCUT2D eigenvalue weighted by atomic mass is 10.0. The second-order valence-corrected chi connectivity index (χ2v) is 10.1. The van der Waals surface area contributed by atoms with Gasteiger partial charge >= 0.3 is 0 Å². The molecule has 30 heavy (non-hydrogen) atoms. The third-order valence-corrected chi connectivity index (χ3v) is 6.11. The molecule has 0 spiro atoms. The van der Waals surface area contributed by atoms with Crippen LogP contribution in [0.3, 0.4) is 0 Å². The lowest BCUT2D eigenvalue weighted by molar-refractivity contribution is 0.0936.